The molecule has 0 amide bonds. The van der Waals surface area contributed by atoms with Gasteiger partial charge < -0.3 is 0 Å². The van der Waals surface area contributed by atoms with Gasteiger partial charge in [-0.3, -0.25) is 4.98 Å². The number of hydrogen-bond donors (Lipinski definition) is 0. The average Bonchev–Trinajstić information content (AvgIpc) is 3.02. The number of allylic oxidation sites excluding steroid dienone is 4. The lowest BCUT2D eigenvalue weighted by Gasteiger charge is -2.17. The normalized spacial score (nSPS) is 18.2. The molecule has 0 saturated heterocycles. The predicted octanol–water partition coefficient (Wildman–Crippen LogP) is 8.30. The van der Waals surface area contributed by atoms with Crippen molar-refractivity contribution in [1.29, 1.82) is 0 Å². The van der Waals surface area contributed by atoms with Crippen molar-refractivity contribution in [2.45, 2.75) is 72.1 Å². The van der Waals surface area contributed by atoms with Gasteiger partial charge in [0.15, 0.2) is 0 Å². The molecular weight excluding hydrogens is 374 g/mol. The number of pyridine rings is 1. The molecule has 1 heterocycles. The summed E-state index contributed by atoms with van der Waals surface area (Å²) in [4.78, 5) is 4.39. The van der Waals surface area contributed by atoms with E-state index in [1.54, 1.807) is 5.57 Å². The smallest absolute Gasteiger partial charge is 0.0305 e. The Hall–Kier alpha value is -2.41. The van der Waals surface area contributed by atoms with E-state index in [1.807, 2.05) is 18.5 Å². The predicted molar refractivity (Wildman–Crippen MR) is 135 cm³/mol. The van der Waals surface area contributed by atoms with E-state index >= 15 is 0 Å². The number of hydrogen-bond acceptors (Lipinski definition) is 1. The molecule has 0 fully saturated rings. The van der Waals surface area contributed by atoms with Crippen molar-refractivity contribution in [2.75, 3.05) is 0 Å². The minimum Gasteiger partial charge on any atom is -0.264 e. The van der Waals surface area contributed by atoms with Crippen LogP contribution in [-0.4, -0.2) is 4.98 Å². The van der Waals surface area contributed by atoms with E-state index in [0.29, 0.717) is 5.92 Å². The van der Waals surface area contributed by atoms with Crippen LogP contribution >= 0.6 is 0 Å². The fourth-order valence-corrected chi connectivity index (χ4v) is 4.79. The van der Waals surface area contributed by atoms with E-state index in [-0.39, 0.29) is 0 Å². The molecule has 0 saturated carbocycles. The summed E-state index contributed by atoms with van der Waals surface area (Å²) in [6.45, 7) is 10.8. The second kappa shape index (κ2) is 11.8. The van der Waals surface area contributed by atoms with Crippen LogP contribution in [0, 0.1) is 18.8 Å². The van der Waals surface area contributed by atoms with Crippen molar-refractivity contribution in [3.8, 4) is 0 Å². The van der Waals surface area contributed by atoms with Crippen molar-refractivity contribution in [3.05, 3.63) is 94.9 Å². The molecule has 2 atom stereocenters. The van der Waals surface area contributed by atoms with Crippen molar-refractivity contribution < 1.29 is 0 Å². The van der Waals surface area contributed by atoms with Gasteiger partial charge in [0.2, 0.25) is 0 Å². The molecule has 0 aliphatic heterocycles. The number of benzene rings is 1. The molecule has 0 N–H and O–H groups in total. The molecule has 164 valence electrons. The Morgan fingerprint density at radius 2 is 1.97 bits per heavy atom. The monoisotopic (exact) mass is 413 g/mol. The zero-order chi connectivity index (χ0) is 22.1. The maximum Gasteiger partial charge on any atom is 0.0305 e. The Morgan fingerprint density at radius 1 is 1.16 bits per heavy atom. The molecule has 1 nitrogen and oxygen atoms in total. The molecular formula is C30H39N. The number of aryl methyl sites for hydroxylation is 1. The minimum absolute atomic E-state index is 0.669. The molecule has 1 aromatic carbocycles. The number of rotatable bonds is 9. The summed E-state index contributed by atoms with van der Waals surface area (Å²) in [5.41, 5.74) is 8.46. The third-order valence-corrected chi connectivity index (χ3v) is 6.79. The van der Waals surface area contributed by atoms with Crippen LogP contribution in [0.15, 0.2) is 72.6 Å². The average molecular weight is 414 g/mol. The summed E-state index contributed by atoms with van der Waals surface area (Å²) in [6.07, 6.45) is 20.6. The number of aromatic nitrogens is 1. The molecule has 1 aliphatic carbocycles. The van der Waals surface area contributed by atoms with Gasteiger partial charge in [-0.25, -0.2) is 0 Å². The molecule has 1 aromatic heterocycles. The zero-order valence-electron chi connectivity index (χ0n) is 19.7. The Kier molecular flexibility index (Phi) is 8.88. The molecule has 0 radical (unpaired) electrons. The van der Waals surface area contributed by atoms with E-state index in [9.17, 15) is 0 Å². The highest BCUT2D eigenvalue weighted by atomic mass is 14.6. The van der Waals surface area contributed by atoms with E-state index in [4.69, 9.17) is 0 Å². The summed E-state index contributed by atoms with van der Waals surface area (Å²) in [7, 11) is 0. The van der Waals surface area contributed by atoms with Gasteiger partial charge >= 0.3 is 0 Å². The highest BCUT2D eigenvalue weighted by Gasteiger charge is 2.16. The first-order valence-corrected chi connectivity index (χ1v) is 12.1. The second-order valence-corrected chi connectivity index (χ2v) is 9.27. The van der Waals surface area contributed by atoms with Crippen LogP contribution in [0.1, 0.15) is 74.6 Å². The van der Waals surface area contributed by atoms with Crippen molar-refractivity contribution in [2.24, 2.45) is 11.8 Å². The van der Waals surface area contributed by atoms with Gasteiger partial charge in [0, 0.05) is 12.4 Å². The molecule has 31 heavy (non-hydrogen) atoms. The largest absolute Gasteiger partial charge is 0.264 e. The standard InChI is InChI=1S/C30H39N/c1-5-8-23(3)29-10-7-9-26(15-16-29)19-28(21-30-22-31-18-17-24(30)4)20-27-13-11-25(6-2)12-14-27/h6,10-14,17-19,22-23,26H,2,5,7-9,15-16,20-21H2,1,3-4H3/b28-19-/t23-,26?/m1/s1. The van der Waals surface area contributed by atoms with Crippen molar-refractivity contribution in [3.63, 3.8) is 0 Å². The van der Waals surface area contributed by atoms with E-state index in [2.05, 4.69) is 74.8 Å². The van der Waals surface area contributed by atoms with Gasteiger partial charge in [0.05, 0.1) is 0 Å². The highest BCUT2D eigenvalue weighted by molar-refractivity contribution is 5.47. The maximum absolute atomic E-state index is 4.39. The molecule has 1 heteroatoms. The van der Waals surface area contributed by atoms with E-state index < -0.39 is 0 Å². The summed E-state index contributed by atoms with van der Waals surface area (Å²) in [5.74, 6) is 1.41. The van der Waals surface area contributed by atoms with E-state index in [1.165, 1.54) is 66.4 Å². The van der Waals surface area contributed by atoms with Crippen molar-refractivity contribution in [1.82, 2.24) is 4.98 Å². The zero-order valence-corrected chi connectivity index (χ0v) is 19.7. The van der Waals surface area contributed by atoms with Gasteiger partial charge in [-0.2, -0.15) is 0 Å². The van der Waals surface area contributed by atoms with Crippen LogP contribution < -0.4 is 0 Å². The van der Waals surface area contributed by atoms with Crippen LogP contribution in [-0.2, 0) is 12.8 Å². The quantitative estimate of drug-likeness (QED) is 0.377. The van der Waals surface area contributed by atoms with Crippen LogP contribution in [0.25, 0.3) is 6.08 Å². The first-order valence-electron chi connectivity index (χ1n) is 12.1. The lowest BCUT2D eigenvalue weighted by molar-refractivity contribution is 0.530. The Bertz CT molecular complexity index is 900. The van der Waals surface area contributed by atoms with Crippen LogP contribution in [0.5, 0.6) is 0 Å². The van der Waals surface area contributed by atoms with Gasteiger partial charge in [0.1, 0.15) is 0 Å². The van der Waals surface area contributed by atoms with Crippen molar-refractivity contribution >= 4 is 6.08 Å². The summed E-state index contributed by atoms with van der Waals surface area (Å²) in [5, 5.41) is 0. The van der Waals surface area contributed by atoms with Crippen LogP contribution in [0.3, 0.4) is 0 Å². The summed E-state index contributed by atoms with van der Waals surface area (Å²) in [6, 6.07) is 11.0. The maximum atomic E-state index is 4.39. The molecule has 0 bridgehead atoms. The Morgan fingerprint density at radius 3 is 2.68 bits per heavy atom. The van der Waals surface area contributed by atoms with Crippen LogP contribution in [0.4, 0.5) is 0 Å². The minimum atomic E-state index is 0.669. The van der Waals surface area contributed by atoms with Gasteiger partial charge in [-0.05, 0) is 92.0 Å². The van der Waals surface area contributed by atoms with Gasteiger partial charge in [-0.15, -0.1) is 0 Å². The van der Waals surface area contributed by atoms with E-state index in [0.717, 1.165) is 18.8 Å². The fourth-order valence-electron chi connectivity index (χ4n) is 4.79. The topological polar surface area (TPSA) is 12.9 Å². The fraction of sp³-hybridized carbons (Fsp3) is 0.433. The Balaban J connectivity index is 1.77. The Labute approximate surface area is 190 Å². The molecule has 1 unspecified atom stereocenters. The lowest BCUT2D eigenvalue weighted by Crippen LogP contribution is -2.04. The molecule has 3 rings (SSSR count). The SMILES string of the molecule is C=Cc1ccc(C/C(=C/C2CCC=C([C@H](C)CCC)CC2)Cc2cnccc2C)cc1. The number of nitrogens with zero attached hydrogens (tertiary/aromatic N) is 1. The molecule has 0 spiro atoms. The van der Waals surface area contributed by atoms with Crippen LogP contribution in [0.2, 0.25) is 0 Å². The molecule has 1 aliphatic rings. The third-order valence-electron chi connectivity index (χ3n) is 6.79. The van der Waals surface area contributed by atoms with Gasteiger partial charge in [-0.1, -0.05) is 80.5 Å². The second-order valence-electron chi connectivity index (χ2n) is 9.27. The third kappa shape index (κ3) is 7.06. The summed E-state index contributed by atoms with van der Waals surface area (Å²) >= 11 is 0. The first kappa shape index (κ1) is 23.3. The first-order chi connectivity index (χ1) is 15.1. The van der Waals surface area contributed by atoms with Gasteiger partial charge in [0.25, 0.3) is 0 Å². The highest BCUT2D eigenvalue weighted by Crippen LogP contribution is 2.31. The molecule has 2 aromatic rings. The lowest BCUT2D eigenvalue weighted by atomic mass is 9.89. The summed E-state index contributed by atoms with van der Waals surface area (Å²) < 4.78 is 0.